The molecule has 1 fully saturated rings. The van der Waals surface area contributed by atoms with Gasteiger partial charge in [-0.2, -0.15) is 5.10 Å². The molecule has 2 aromatic rings. The summed E-state index contributed by atoms with van der Waals surface area (Å²) < 4.78 is 8.61. The quantitative estimate of drug-likeness (QED) is 0.854. The molecule has 3 heterocycles. The normalized spacial score (nSPS) is 18.5. The summed E-state index contributed by atoms with van der Waals surface area (Å²) in [6, 6.07) is 2.03. The number of methoxy groups -OCH3 is 1. The highest BCUT2D eigenvalue weighted by atomic mass is 16.5. The lowest BCUT2D eigenvalue weighted by Crippen LogP contribution is -2.39. The van der Waals surface area contributed by atoms with Gasteiger partial charge in [0.1, 0.15) is 5.56 Å². The van der Waals surface area contributed by atoms with E-state index in [2.05, 4.69) is 10.2 Å². The zero-order valence-electron chi connectivity index (χ0n) is 13.2. The Morgan fingerprint density at radius 2 is 2.14 bits per heavy atom. The molecule has 118 valence electrons. The molecule has 0 spiro atoms. The van der Waals surface area contributed by atoms with E-state index in [1.165, 1.54) is 7.11 Å². The summed E-state index contributed by atoms with van der Waals surface area (Å²) in [4.78, 5) is 14.6. The van der Waals surface area contributed by atoms with E-state index >= 15 is 0 Å². The third-order valence-electron chi connectivity index (χ3n) is 4.08. The minimum Gasteiger partial charge on any atom is -0.479 e. The van der Waals surface area contributed by atoms with Gasteiger partial charge in [0, 0.05) is 45.5 Å². The molecule has 0 bridgehead atoms. The second kappa shape index (κ2) is 5.82. The van der Waals surface area contributed by atoms with E-state index in [0.717, 1.165) is 25.1 Å². The molecule has 3 rings (SSSR count). The van der Waals surface area contributed by atoms with Crippen molar-refractivity contribution < 1.29 is 9.53 Å². The predicted molar refractivity (Wildman–Crippen MR) is 80.8 cm³/mol. The van der Waals surface area contributed by atoms with Gasteiger partial charge >= 0.3 is 0 Å². The van der Waals surface area contributed by atoms with Crippen LogP contribution in [0.5, 0.6) is 5.88 Å². The number of aromatic nitrogens is 4. The van der Waals surface area contributed by atoms with Gasteiger partial charge in [0.2, 0.25) is 5.88 Å². The zero-order valence-corrected chi connectivity index (χ0v) is 13.2. The number of piperidine rings is 1. The number of hydrogen-bond donors (Lipinski definition) is 0. The van der Waals surface area contributed by atoms with Gasteiger partial charge in [0.15, 0.2) is 0 Å². The molecule has 7 heteroatoms. The second-order valence-electron chi connectivity index (χ2n) is 5.73. The van der Waals surface area contributed by atoms with Crippen molar-refractivity contribution in [2.75, 3.05) is 20.2 Å². The standard InChI is InChI=1S/C15H21N5O2/c1-18-8-6-13(16-18)11-5-4-7-20(9-11)15(21)12-10-19(2)17-14(12)22-3/h6,8,10-11H,4-5,7,9H2,1-3H3/t11-/m0/s1. The van der Waals surface area contributed by atoms with Crippen molar-refractivity contribution >= 4 is 5.91 Å². The summed E-state index contributed by atoms with van der Waals surface area (Å²) in [7, 11) is 5.23. The van der Waals surface area contributed by atoms with Crippen LogP contribution in [0, 0.1) is 0 Å². The van der Waals surface area contributed by atoms with Crippen LogP contribution in [0.1, 0.15) is 34.8 Å². The van der Waals surface area contributed by atoms with Crippen LogP contribution >= 0.6 is 0 Å². The molecule has 0 saturated carbocycles. The second-order valence-corrected chi connectivity index (χ2v) is 5.73. The number of rotatable bonds is 3. The van der Waals surface area contributed by atoms with Gasteiger partial charge in [-0.15, -0.1) is 5.10 Å². The van der Waals surface area contributed by atoms with Crippen LogP contribution in [0.25, 0.3) is 0 Å². The first kappa shape index (κ1) is 14.6. The molecule has 7 nitrogen and oxygen atoms in total. The summed E-state index contributed by atoms with van der Waals surface area (Å²) in [5.41, 5.74) is 1.57. The summed E-state index contributed by atoms with van der Waals surface area (Å²) >= 11 is 0. The molecule has 0 N–H and O–H groups in total. The van der Waals surface area contributed by atoms with Gasteiger partial charge < -0.3 is 9.64 Å². The minimum absolute atomic E-state index is 0.0226. The first-order valence-corrected chi connectivity index (χ1v) is 7.45. The Morgan fingerprint density at radius 1 is 1.32 bits per heavy atom. The van der Waals surface area contributed by atoms with Crippen molar-refractivity contribution in [3.8, 4) is 5.88 Å². The first-order valence-electron chi connectivity index (χ1n) is 7.45. The van der Waals surface area contributed by atoms with Crippen molar-refractivity contribution in [2.45, 2.75) is 18.8 Å². The van der Waals surface area contributed by atoms with Crippen molar-refractivity contribution in [2.24, 2.45) is 14.1 Å². The number of aryl methyl sites for hydroxylation is 2. The smallest absolute Gasteiger partial charge is 0.260 e. The van der Waals surface area contributed by atoms with Crippen molar-refractivity contribution in [3.63, 3.8) is 0 Å². The number of nitrogens with zero attached hydrogens (tertiary/aromatic N) is 5. The molecule has 0 aromatic carbocycles. The number of carbonyl (C=O) groups excluding carboxylic acids is 1. The molecule has 1 amide bonds. The van der Waals surface area contributed by atoms with Crippen molar-refractivity contribution in [3.05, 3.63) is 29.7 Å². The van der Waals surface area contributed by atoms with Gasteiger partial charge in [-0.1, -0.05) is 0 Å². The summed E-state index contributed by atoms with van der Waals surface area (Å²) in [5, 5.41) is 8.63. The molecule has 22 heavy (non-hydrogen) atoms. The molecule has 1 atom stereocenters. The molecule has 2 aromatic heterocycles. The molecule has 0 aliphatic carbocycles. The summed E-state index contributed by atoms with van der Waals surface area (Å²) in [5.74, 6) is 0.652. The number of carbonyl (C=O) groups is 1. The van der Waals surface area contributed by atoms with Crippen LogP contribution in [-0.4, -0.2) is 50.6 Å². The van der Waals surface area contributed by atoms with E-state index < -0.39 is 0 Å². The largest absolute Gasteiger partial charge is 0.479 e. The van der Waals surface area contributed by atoms with Crippen LogP contribution in [-0.2, 0) is 14.1 Å². The van der Waals surface area contributed by atoms with Gasteiger partial charge in [-0.3, -0.25) is 14.2 Å². The Morgan fingerprint density at radius 3 is 2.82 bits per heavy atom. The van der Waals surface area contributed by atoms with Crippen LogP contribution in [0.4, 0.5) is 0 Å². The maximum atomic E-state index is 12.7. The number of amides is 1. The highest BCUT2D eigenvalue weighted by Crippen LogP contribution is 2.27. The van der Waals surface area contributed by atoms with Crippen LogP contribution in [0.15, 0.2) is 18.5 Å². The van der Waals surface area contributed by atoms with Crippen LogP contribution in [0.2, 0.25) is 0 Å². The maximum absolute atomic E-state index is 12.7. The van der Waals surface area contributed by atoms with Crippen molar-refractivity contribution in [1.82, 2.24) is 24.5 Å². The molecule has 1 saturated heterocycles. The summed E-state index contributed by atoms with van der Waals surface area (Å²) in [6.45, 7) is 1.45. The van der Waals surface area contributed by atoms with Crippen LogP contribution in [0.3, 0.4) is 0 Å². The van der Waals surface area contributed by atoms with E-state index in [4.69, 9.17) is 4.74 Å². The Labute approximate surface area is 129 Å². The van der Waals surface area contributed by atoms with Crippen LogP contribution < -0.4 is 4.74 Å². The molecule has 0 unspecified atom stereocenters. The number of hydrogen-bond acceptors (Lipinski definition) is 4. The molecule has 1 aliphatic heterocycles. The van der Waals surface area contributed by atoms with E-state index in [0.29, 0.717) is 23.9 Å². The Balaban J connectivity index is 1.78. The topological polar surface area (TPSA) is 65.2 Å². The summed E-state index contributed by atoms with van der Waals surface area (Å²) in [6.07, 6.45) is 5.70. The first-order chi connectivity index (χ1) is 10.6. The minimum atomic E-state index is -0.0226. The van der Waals surface area contributed by atoms with E-state index in [1.807, 2.05) is 24.2 Å². The third kappa shape index (κ3) is 2.70. The van der Waals surface area contributed by atoms with Gasteiger partial charge in [0.05, 0.1) is 12.8 Å². The zero-order chi connectivity index (χ0) is 15.7. The fourth-order valence-corrected chi connectivity index (χ4v) is 2.99. The lowest BCUT2D eigenvalue weighted by molar-refractivity contribution is 0.0702. The number of likely N-dealkylation sites (tertiary alicyclic amines) is 1. The number of ether oxygens (including phenoxy) is 1. The molecular weight excluding hydrogens is 282 g/mol. The average Bonchev–Trinajstić information content (AvgIpc) is 3.12. The Kier molecular flexibility index (Phi) is 3.87. The van der Waals surface area contributed by atoms with E-state index in [1.54, 1.807) is 22.6 Å². The lowest BCUT2D eigenvalue weighted by Gasteiger charge is -2.31. The third-order valence-corrected chi connectivity index (χ3v) is 4.08. The van der Waals surface area contributed by atoms with E-state index in [9.17, 15) is 4.79 Å². The lowest BCUT2D eigenvalue weighted by atomic mass is 9.94. The highest BCUT2D eigenvalue weighted by molar-refractivity contribution is 5.96. The fourth-order valence-electron chi connectivity index (χ4n) is 2.99. The fraction of sp³-hybridized carbons (Fsp3) is 0.533. The van der Waals surface area contributed by atoms with Gasteiger partial charge in [0.25, 0.3) is 5.91 Å². The van der Waals surface area contributed by atoms with E-state index in [-0.39, 0.29) is 5.91 Å². The Hall–Kier alpha value is -2.31. The monoisotopic (exact) mass is 303 g/mol. The van der Waals surface area contributed by atoms with Gasteiger partial charge in [-0.25, -0.2) is 0 Å². The van der Waals surface area contributed by atoms with Gasteiger partial charge in [-0.05, 0) is 18.9 Å². The SMILES string of the molecule is COc1nn(C)cc1C(=O)N1CCC[C@H](c2ccn(C)n2)C1. The molecule has 0 radical (unpaired) electrons. The molecular formula is C15H21N5O2. The molecule has 1 aliphatic rings. The Bertz CT molecular complexity index is 675. The predicted octanol–water partition coefficient (Wildman–Crippen LogP) is 1.18. The maximum Gasteiger partial charge on any atom is 0.260 e. The highest BCUT2D eigenvalue weighted by Gasteiger charge is 2.29. The average molecular weight is 303 g/mol. The van der Waals surface area contributed by atoms with Crippen molar-refractivity contribution in [1.29, 1.82) is 0 Å².